The molecule has 0 bridgehead atoms. The van der Waals surface area contributed by atoms with E-state index in [1.165, 1.54) is 154 Å². The van der Waals surface area contributed by atoms with Gasteiger partial charge in [-0.25, -0.2) is 0 Å². The number of carbonyl (C=O) groups is 3. The first-order chi connectivity index (χ1) is 38.0. The zero-order chi connectivity index (χ0) is 55.7. The van der Waals surface area contributed by atoms with E-state index in [0.29, 0.717) is 19.3 Å². The van der Waals surface area contributed by atoms with E-state index in [1.807, 2.05) is 6.08 Å². The Morgan fingerprint density at radius 1 is 0.260 bits per heavy atom. The second-order valence-electron chi connectivity index (χ2n) is 21.0. The van der Waals surface area contributed by atoms with Gasteiger partial charge in [-0.15, -0.1) is 0 Å². The molecule has 77 heavy (non-hydrogen) atoms. The molecule has 0 aromatic heterocycles. The van der Waals surface area contributed by atoms with Gasteiger partial charge in [-0.05, 0) is 128 Å². The summed E-state index contributed by atoms with van der Waals surface area (Å²) in [5, 5.41) is 0. The standard InChI is InChI=1S/C71H118O6/c1-4-7-10-13-16-19-22-25-28-31-34-35-38-40-43-46-49-52-55-58-61-64-70(73)76-67-68(77-71(74)65-62-59-56-53-50-47-44-41-37-33-30-27-24-21-18-15-12-9-6-3)66-75-69(72)63-60-57-54-51-48-45-42-39-36-32-29-26-23-20-17-14-11-8-5-2/h17-18,20-21,25-30,36-37,39,41,45,47-48,50,54,57,68H,4-16,19,22-24,31-35,38,40,42-44,46,49,51-53,55-56,58-67H2,1-3H3/b20-17-,21-18-,28-25-,29-26-,30-27-,39-36-,41-37-,48-45-,50-47-,57-54-/t68-/m1/s1. The van der Waals surface area contributed by atoms with Crippen LogP contribution in [0.4, 0.5) is 0 Å². The van der Waals surface area contributed by atoms with Gasteiger partial charge in [0, 0.05) is 19.3 Å². The fourth-order valence-corrected chi connectivity index (χ4v) is 8.58. The first kappa shape index (κ1) is 72.8. The van der Waals surface area contributed by atoms with Gasteiger partial charge >= 0.3 is 17.9 Å². The average molecular weight is 1070 g/mol. The molecule has 0 aliphatic heterocycles. The molecule has 0 unspecified atom stereocenters. The SMILES string of the molecule is CCCCC/C=C\C/C=C\C/C=C\C/C=C\C/C=C\CCC(=O)OC[C@H](COC(=O)CCCCCCCCCCCCC/C=C\CCCCCCCC)OC(=O)CCCCC/C=C\C/C=C\C/C=C\C/C=C\CCCCC. The smallest absolute Gasteiger partial charge is 0.306 e. The molecule has 0 rings (SSSR count). The van der Waals surface area contributed by atoms with Crippen molar-refractivity contribution >= 4 is 17.9 Å². The van der Waals surface area contributed by atoms with Crippen LogP contribution in [-0.4, -0.2) is 37.2 Å². The minimum absolute atomic E-state index is 0.116. The molecule has 6 nitrogen and oxygen atoms in total. The number of carbonyl (C=O) groups excluding carboxylic acids is 3. The lowest BCUT2D eigenvalue weighted by Gasteiger charge is -2.18. The summed E-state index contributed by atoms with van der Waals surface area (Å²) < 4.78 is 16.8. The summed E-state index contributed by atoms with van der Waals surface area (Å²) in [6.45, 7) is 6.50. The minimum atomic E-state index is -0.830. The summed E-state index contributed by atoms with van der Waals surface area (Å²) in [6.07, 6.45) is 89.2. The van der Waals surface area contributed by atoms with E-state index in [9.17, 15) is 14.4 Å². The third-order valence-corrected chi connectivity index (χ3v) is 13.4. The van der Waals surface area contributed by atoms with E-state index in [2.05, 4.69) is 136 Å². The number of rotatable bonds is 57. The van der Waals surface area contributed by atoms with Crippen LogP contribution in [0.1, 0.15) is 290 Å². The van der Waals surface area contributed by atoms with Crippen LogP contribution in [0.25, 0.3) is 0 Å². The molecular formula is C71H118O6. The predicted octanol–water partition coefficient (Wildman–Crippen LogP) is 22.0. The fraction of sp³-hybridized carbons (Fsp3) is 0.676. The molecule has 6 heteroatoms. The zero-order valence-corrected chi connectivity index (χ0v) is 50.2. The van der Waals surface area contributed by atoms with Crippen molar-refractivity contribution in [2.24, 2.45) is 0 Å². The third-order valence-electron chi connectivity index (χ3n) is 13.4. The predicted molar refractivity (Wildman–Crippen MR) is 334 cm³/mol. The Kier molecular flexibility index (Phi) is 60.8. The van der Waals surface area contributed by atoms with Crippen molar-refractivity contribution in [3.63, 3.8) is 0 Å². The second kappa shape index (κ2) is 64.3. The quantitative estimate of drug-likeness (QED) is 0.0261. The Labute approximate surface area is 475 Å². The number of esters is 3. The first-order valence-corrected chi connectivity index (χ1v) is 32.0. The molecule has 438 valence electrons. The van der Waals surface area contributed by atoms with Crippen molar-refractivity contribution in [3.8, 4) is 0 Å². The normalized spacial score (nSPS) is 12.9. The summed E-state index contributed by atoms with van der Waals surface area (Å²) in [7, 11) is 0. The minimum Gasteiger partial charge on any atom is -0.462 e. The molecule has 0 heterocycles. The highest BCUT2D eigenvalue weighted by Gasteiger charge is 2.19. The Morgan fingerprint density at radius 3 is 0.857 bits per heavy atom. The van der Waals surface area contributed by atoms with Crippen LogP contribution in [0.15, 0.2) is 122 Å². The van der Waals surface area contributed by atoms with Gasteiger partial charge in [-0.2, -0.15) is 0 Å². The van der Waals surface area contributed by atoms with E-state index >= 15 is 0 Å². The zero-order valence-electron chi connectivity index (χ0n) is 50.2. The first-order valence-electron chi connectivity index (χ1n) is 32.0. The van der Waals surface area contributed by atoms with Gasteiger partial charge in [0.2, 0.25) is 0 Å². The summed E-state index contributed by atoms with van der Waals surface area (Å²) >= 11 is 0. The van der Waals surface area contributed by atoms with Crippen LogP contribution in [0, 0.1) is 0 Å². The highest BCUT2D eigenvalue weighted by molar-refractivity contribution is 5.71. The lowest BCUT2D eigenvalue weighted by atomic mass is 10.0. The van der Waals surface area contributed by atoms with E-state index < -0.39 is 6.10 Å². The molecule has 0 radical (unpaired) electrons. The average Bonchev–Trinajstić information content (AvgIpc) is 3.43. The Morgan fingerprint density at radius 2 is 0.494 bits per heavy atom. The van der Waals surface area contributed by atoms with Crippen LogP contribution in [0.2, 0.25) is 0 Å². The number of hydrogen-bond donors (Lipinski definition) is 0. The largest absolute Gasteiger partial charge is 0.462 e. The number of hydrogen-bond acceptors (Lipinski definition) is 6. The van der Waals surface area contributed by atoms with Crippen molar-refractivity contribution in [2.75, 3.05) is 13.2 Å². The van der Waals surface area contributed by atoms with Crippen LogP contribution >= 0.6 is 0 Å². The van der Waals surface area contributed by atoms with E-state index in [4.69, 9.17) is 14.2 Å². The van der Waals surface area contributed by atoms with Gasteiger partial charge in [-0.3, -0.25) is 14.4 Å². The highest BCUT2D eigenvalue weighted by atomic mass is 16.6. The van der Waals surface area contributed by atoms with E-state index in [0.717, 1.165) is 83.5 Å². The second-order valence-corrected chi connectivity index (χ2v) is 21.0. The van der Waals surface area contributed by atoms with Crippen molar-refractivity contribution in [3.05, 3.63) is 122 Å². The lowest BCUT2D eigenvalue weighted by Crippen LogP contribution is -2.30. The van der Waals surface area contributed by atoms with Gasteiger partial charge in [0.1, 0.15) is 13.2 Å². The molecule has 1 atom stereocenters. The maximum absolute atomic E-state index is 12.9. The third kappa shape index (κ3) is 62.5. The molecule has 0 aromatic carbocycles. The molecule has 0 spiro atoms. The molecule has 0 saturated carbocycles. The van der Waals surface area contributed by atoms with Crippen LogP contribution in [-0.2, 0) is 28.6 Å². The Bertz CT molecular complexity index is 1600. The fourth-order valence-electron chi connectivity index (χ4n) is 8.58. The summed E-state index contributed by atoms with van der Waals surface area (Å²) in [6, 6.07) is 0. The van der Waals surface area contributed by atoms with Crippen molar-refractivity contribution in [2.45, 2.75) is 297 Å². The van der Waals surface area contributed by atoms with Crippen LogP contribution < -0.4 is 0 Å². The summed E-state index contributed by atoms with van der Waals surface area (Å²) in [4.78, 5) is 38.3. The molecule has 0 fully saturated rings. The van der Waals surface area contributed by atoms with Crippen molar-refractivity contribution < 1.29 is 28.6 Å². The van der Waals surface area contributed by atoms with Gasteiger partial charge in [0.15, 0.2) is 6.10 Å². The molecule has 0 amide bonds. The maximum atomic E-state index is 12.9. The molecule has 0 N–H and O–H groups in total. The Hall–Kier alpha value is -4.19. The van der Waals surface area contributed by atoms with Crippen LogP contribution in [0.5, 0.6) is 0 Å². The maximum Gasteiger partial charge on any atom is 0.306 e. The Balaban J connectivity index is 4.54. The van der Waals surface area contributed by atoms with Crippen LogP contribution in [0.3, 0.4) is 0 Å². The number of ether oxygens (including phenoxy) is 3. The highest BCUT2D eigenvalue weighted by Crippen LogP contribution is 2.15. The molecule has 0 aliphatic carbocycles. The van der Waals surface area contributed by atoms with Gasteiger partial charge < -0.3 is 14.2 Å². The molecule has 0 saturated heterocycles. The van der Waals surface area contributed by atoms with Crippen molar-refractivity contribution in [1.29, 1.82) is 0 Å². The molecule has 0 aliphatic rings. The van der Waals surface area contributed by atoms with E-state index in [-0.39, 0.29) is 44.0 Å². The molecule has 0 aromatic rings. The number of unbranched alkanes of at least 4 members (excludes halogenated alkanes) is 26. The van der Waals surface area contributed by atoms with Gasteiger partial charge in [0.25, 0.3) is 0 Å². The van der Waals surface area contributed by atoms with E-state index in [1.54, 1.807) is 0 Å². The summed E-state index contributed by atoms with van der Waals surface area (Å²) in [5.74, 6) is -1.03. The molecular weight excluding hydrogens is 949 g/mol. The topological polar surface area (TPSA) is 78.9 Å². The number of allylic oxidation sites excluding steroid dienone is 20. The lowest BCUT2D eigenvalue weighted by molar-refractivity contribution is -0.166. The van der Waals surface area contributed by atoms with Crippen molar-refractivity contribution in [1.82, 2.24) is 0 Å². The monoisotopic (exact) mass is 1070 g/mol. The van der Waals surface area contributed by atoms with Gasteiger partial charge in [0.05, 0.1) is 0 Å². The summed E-state index contributed by atoms with van der Waals surface area (Å²) in [5.41, 5.74) is 0. The van der Waals surface area contributed by atoms with Gasteiger partial charge in [-0.1, -0.05) is 264 Å².